The largest absolute Gasteiger partial charge is 0.492 e. The minimum atomic E-state index is -0.907. The van der Waals surface area contributed by atoms with E-state index in [0.29, 0.717) is 23.0 Å². The topological polar surface area (TPSA) is 46.5 Å². The van der Waals surface area contributed by atoms with Crippen LogP contribution >= 0.6 is 11.6 Å². The summed E-state index contributed by atoms with van der Waals surface area (Å²) in [5, 5.41) is 9.10. The third-order valence-electron chi connectivity index (χ3n) is 2.00. The van der Waals surface area contributed by atoms with Gasteiger partial charge >= 0.3 is 5.97 Å². The van der Waals surface area contributed by atoms with Crippen molar-refractivity contribution in [2.45, 2.75) is 13.3 Å². The van der Waals surface area contributed by atoms with Gasteiger partial charge in [0.1, 0.15) is 5.75 Å². The van der Waals surface area contributed by atoms with Crippen molar-refractivity contribution in [1.82, 2.24) is 0 Å². The number of hydrogen-bond acceptors (Lipinski definition) is 2. The summed E-state index contributed by atoms with van der Waals surface area (Å²) in [6.07, 6.45) is -0.0929. The Morgan fingerprint density at radius 3 is 2.75 bits per heavy atom. The number of carboxylic acid groups (broad SMARTS) is 1. The SMILES string of the molecule is C=C(CC(=O)O)c1ccc(OCC)c(Cl)c1. The van der Waals surface area contributed by atoms with Crippen LogP contribution in [0.1, 0.15) is 18.9 Å². The van der Waals surface area contributed by atoms with Crippen LogP contribution in [0.2, 0.25) is 5.02 Å². The molecule has 0 aliphatic carbocycles. The van der Waals surface area contributed by atoms with Crippen LogP contribution in [0.25, 0.3) is 5.57 Å². The lowest BCUT2D eigenvalue weighted by molar-refractivity contribution is -0.135. The van der Waals surface area contributed by atoms with Crippen LogP contribution < -0.4 is 4.74 Å². The summed E-state index contributed by atoms with van der Waals surface area (Å²) >= 11 is 5.98. The molecular weight excluding hydrogens is 228 g/mol. The lowest BCUT2D eigenvalue weighted by Crippen LogP contribution is -1.97. The molecule has 16 heavy (non-hydrogen) atoms. The maximum Gasteiger partial charge on any atom is 0.307 e. The van der Waals surface area contributed by atoms with Gasteiger partial charge in [0.15, 0.2) is 0 Å². The number of hydrogen-bond donors (Lipinski definition) is 1. The summed E-state index contributed by atoms with van der Waals surface area (Å²) in [7, 11) is 0. The maximum atomic E-state index is 10.5. The van der Waals surface area contributed by atoms with Gasteiger partial charge in [-0.05, 0) is 30.2 Å². The third-order valence-corrected chi connectivity index (χ3v) is 2.30. The standard InChI is InChI=1S/C12H13ClO3/c1-3-16-11-5-4-9(7-10(11)13)8(2)6-12(14)15/h4-5,7H,2-3,6H2,1H3,(H,14,15). The third kappa shape index (κ3) is 3.28. The molecule has 0 heterocycles. The van der Waals surface area contributed by atoms with Crippen LogP contribution in [0.4, 0.5) is 0 Å². The van der Waals surface area contributed by atoms with Crippen LogP contribution in [-0.4, -0.2) is 17.7 Å². The van der Waals surface area contributed by atoms with Gasteiger partial charge in [-0.15, -0.1) is 0 Å². The molecule has 3 nitrogen and oxygen atoms in total. The zero-order valence-corrected chi connectivity index (χ0v) is 9.75. The van der Waals surface area contributed by atoms with Crippen LogP contribution in [0.3, 0.4) is 0 Å². The average molecular weight is 241 g/mol. The minimum absolute atomic E-state index is 0.0929. The first-order valence-electron chi connectivity index (χ1n) is 4.87. The Hall–Kier alpha value is -1.48. The van der Waals surface area contributed by atoms with Gasteiger partial charge in [-0.1, -0.05) is 24.2 Å². The summed E-state index contributed by atoms with van der Waals surface area (Å²) in [6.45, 7) is 6.11. The molecule has 4 heteroatoms. The molecule has 1 aromatic carbocycles. The zero-order valence-electron chi connectivity index (χ0n) is 9.00. The number of halogens is 1. The second-order valence-electron chi connectivity index (χ2n) is 3.25. The van der Waals surface area contributed by atoms with Gasteiger partial charge in [0.25, 0.3) is 0 Å². The zero-order chi connectivity index (χ0) is 12.1. The Morgan fingerprint density at radius 1 is 1.56 bits per heavy atom. The lowest BCUT2D eigenvalue weighted by atomic mass is 10.0. The molecule has 0 atom stereocenters. The van der Waals surface area contributed by atoms with E-state index in [1.165, 1.54) is 0 Å². The number of rotatable bonds is 5. The summed E-state index contributed by atoms with van der Waals surface area (Å²) in [5.74, 6) is -0.314. The minimum Gasteiger partial charge on any atom is -0.492 e. The van der Waals surface area contributed by atoms with Crippen molar-refractivity contribution in [1.29, 1.82) is 0 Å². The number of aliphatic carboxylic acids is 1. The van der Waals surface area contributed by atoms with Gasteiger partial charge in [0.05, 0.1) is 18.1 Å². The van der Waals surface area contributed by atoms with Gasteiger partial charge in [0.2, 0.25) is 0 Å². The molecule has 0 saturated heterocycles. The Bertz CT molecular complexity index is 413. The van der Waals surface area contributed by atoms with Gasteiger partial charge < -0.3 is 9.84 Å². The lowest BCUT2D eigenvalue weighted by Gasteiger charge is -2.08. The Kier molecular flexibility index (Phi) is 4.38. The molecule has 0 radical (unpaired) electrons. The molecule has 0 amide bonds. The highest BCUT2D eigenvalue weighted by Crippen LogP contribution is 2.28. The van der Waals surface area contributed by atoms with Crippen molar-refractivity contribution in [3.63, 3.8) is 0 Å². The summed E-state index contributed by atoms with van der Waals surface area (Å²) in [5.41, 5.74) is 1.24. The van der Waals surface area contributed by atoms with E-state index in [-0.39, 0.29) is 6.42 Å². The molecule has 1 aromatic rings. The molecule has 0 unspecified atom stereocenters. The highest BCUT2D eigenvalue weighted by molar-refractivity contribution is 6.32. The molecule has 0 aliphatic heterocycles. The molecule has 0 fully saturated rings. The number of ether oxygens (including phenoxy) is 1. The van der Waals surface area contributed by atoms with E-state index in [9.17, 15) is 4.79 Å². The van der Waals surface area contributed by atoms with Gasteiger partial charge in [-0.25, -0.2) is 0 Å². The molecule has 0 bridgehead atoms. The molecule has 0 aliphatic rings. The smallest absolute Gasteiger partial charge is 0.307 e. The highest BCUT2D eigenvalue weighted by atomic mass is 35.5. The van der Waals surface area contributed by atoms with Crippen molar-refractivity contribution in [2.75, 3.05) is 6.61 Å². The fourth-order valence-electron chi connectivity index (χ4n) is 1.28. The Morgan fingerprint density at radius 2 is 2.25 bits per heavy atom. The quantitative estimate of drug-likeness (QED) is 0.860. The van der Waals surface area contributed by atoms with Gasteiger partial charge in [0, 0.05) is 0 Å². The first-order valence-corrected chi connectivity index (χ1v) is 5.24. The van der Waals surface area contributed by atoms with Crippen LogP contribution in [-0.2, 0) is 4.79 Å². The van der Waals surface area contributed by atoms with E-state index in [1.807, 2.05) is 6.92 Å². The molecular formula is C12H13ClO3. The Labute approximate surface area is 99.3 Å². The van der Waals surface area contributed by atoms with Gasteiger partial charge in [-0.3, -0.25) is 4.79 Å². The van der Waals surface area contributed by atoms with E-state index in [1.54, 1.807) is 18.2 Å². The fraction of sp³-hybridized carbons (Fsp3) is 0.250. The predicted molar refractivity (Wildman–Crippen MR) is 63.9 cm³/mol. The number of carboxylic acids is 1. The summed E-state index contributed by atoms with van der Waals surface area (Å²) < 4.78 is 5.27. The molecule has 0 spiro atoms. The monoisotopic (exact) mass is 240 g/mol. The second kappa shape index (κ2) is 5.56. The highest BCUT2D eigenvalue weighted by Gasteiger charge is 2.07. The Balaban J connectivity index is 2.88. The number of carbonyl (C=O) groups is 1. The van der Waals surface area contributed by atoms with Crippen molar-refractivity contribution >= 4 is 23.1 Å². The van der Waals surface area contributed by atoms with E-state index in [2.05, 4.69) is 6.58 Å². The number of benzene rings is 1. The molecule has 0 saturated carbocycles. The van der Waals surface area contributed by atoms with Crippen LogP contribution in [0.15, 0.2) is 24.8 Å². The first kappa shape index (κ1) is 12.6. The van der Waals surface area contributed by atoms with Gasteiger partial charge in [-0.2, -0.15) is 0 Å². The van der Waals surface area contributed by atoms with E-state index in [4.69, 9.17) is 21.4 Å². The van der Waals surface area contributed by atoms with E-state index >= 15 is 0 Å². The van der Waals surface area contributed by atoms with Crippen LogP contribution in [0.5, 0.6) is 5.75 Å². The van der Waals surface area contributed by atoms with Crippen molar-refractivity contribution < 1.29 is 14.6 Å². The maximum absolute atomic E-state index is 10.5. The fourth-order valence-corrected chi connectivity index (χ4v) is 1.51. The predicted octanol–water partition coefficient (Wildman–Crippen LogP) is 3.23. The van der Waals surface area contributed by atoms with Crippen LogP contribution in [0, 0.1) is 0 Å². The molecule has 1 rings (SSSR count). The normalized spacial score (nSPS) is 9.88. The van der Waals surface area contributed by atoms with Crippen molar-refractivity contribution in [3.8, 4) is 5.75 Å². The van der Waals surface area contributed by atoms with E-state index < -0.39 is 5.97 Å². The van der Waals surface area contributed by atoms with E-state index in [0.717, 1.165) is 5.56 Å². The average Bonchev–Trinajstić information content (AvgIpc) is 2.20. The molecule has 0 aromatic heterocycles. The molecule has 1 N–H and O–H groups in total. The second-order valence-corrected chi connectivity index (χ2v) is 3.66. The van der Waals surface area contributed by atoms with Crippen molar-refractivity contribution in [2.24, 2.45) is 0 Å². The van der Waals surface area contributed by atoms with Crippen molar-refractivity contribution in [3.05, 3.63) is 35.4 Å². The molecule has 86 valence electrons. The first-order chi connectivity index (χ1) is 7.54. The summed E-state index contributed by atoms with van der Waals surface area (Å²) in [6, 6.07) is 5.13. The summed E-state index contributed by atoms with van der Waals surface area (Å²) in [4.78, 5) is 10.5.